The van der Waals surface area contributed by atoms with Gasteiger partial charge in [-0.05, 0) is 183 Å². The lowest BCUT2D eigenvalue weighted by Gasteiger charge is -2.32. The molecule has 2 aromatic heterocycles. The smallest absolute Gasteiger partial charge is 0.399 e. The molecule has 1 aliphatic rings. The molecule has 10 aromatic rings. The Kier molecular flexibility index (Phi) is 21.6. The van der Waals surface area contributed by atoms with Crippen LogP contribution in [0.25, 0.3) is 55.9 Å². The highest BCUT2D eigenvalue weighted by Crippen LogP contribution is 2.37. The molecule has 6 heteroatoms. The van der Waals surface area contributed by atoms with Gasteiger partial charge in [-0.25, -0.2) is 0 Å². The molecule has 0 radical (unpaired) electrons. The number of hydrogen-bond donors (Lipinski definition) is 0. The molecule has 3 heterocycles. The van der Waals surface area contributed by atoms with E-state index in [-0.39, 0.29) is 18.3 Å². The SMILES string of the molecule is Brc1cccc(-c2cc(-c3ccccc3)ccn2)c1.CC1(C)OB(c2cccc(CCCCCCc3ccccc3)c2)OC1(C)C.c1ccc(CCCCCCc2cccc(-c3cccc(-c4cc(-c5ccccc5)ccn4)c3)c2)cc1. The topological polar surface area (TPSA) is 44.2 Å². The Morgan fingerprint density at radius 3 is 1.16 bits per heavy atom. The third-order valence-electron chi connectivity index (χ3n) is 15.8. The normalized spacial score (nSPS) is 13.1. The minimum atomic E-state index is -0.285. The van der Waals surface area contributed by atoms with E-state index in [9.17, 15) is 0 Å². The van der Waals surface area contributed by atoms with Gasteiger partial charge in [-0.15, -0.1) is 0 Å². The highest BCUT2D eigenvalue weighted by Gasteiger charge is 2.51. The Labute approximate surface area is 498 Å². The number of aryl methyl sites for hydroxylation is 4. The minimum absolute atomic E-state index is 0.263. The van der Waals surface area contributed by atoms with Gasteiger partial charge in [-0.3, -0.25) is 9.97 Å². The van der Waals surface area contributed by atoms with E-state index in [0.717, 1.165) is 45.3 Å². The van der Waals surface area contributed by atoms with E-state index in [0.29, 0.717) is 0 Å². The molecular weight excluding hydrogens is 1060 g/mol. The second-order valence-electron chi connectivity index (χ2n) is 22.5. The number of halogens is 1. The van der Waals surface area contributed by atoms with Crippen molar-refractivity contribution in [1.82, 2.24) is 9.97 Å². The van der Waals surface area contributed by atoms with E-state index < -0.39 is 0 Å². The van der Waals surface area contributed by atoms with E-state index in [1.807, 2.05) is 36.7 Å². The second kappa shape index (κ2) is 30.0. The average molecular weight is 1140 g/mol. The summed E-state index contributed by atoms with van der Waals surface area (Å²) in [6.07, 6.45) is 18.6. The van der Waals surface area contributed by atoms with E-state index in [1.165, 1.54) is 120 Å². The fourth-order valence-corrected chi connectivity index (χ4v) is 10.8. The Morgan fingerprint density at radius 2 is 0.671 bits per heavy atom. The summed E-state index contributed by atoms with van der Waals surface area (Å²) in [4.78, 5) is 9.13. The zero-order valence-corrected chi connectivity index (χ0v) is 50.0. The summed E-state index contributed by atoms with van der Waals surface area (Å²) in [5, 5.41) is 0. The van der Waals surface area contributed by atoms with Crippen molar-refractivity contribution in [3.8, 4) is 55.9 Å². The zero-order valence-electron chi connectivity index (χ0n) is 48.4. The Morgan fingerprint density at radius 1 is 0.317 bits per heavy atom. The lowest BCUT2D eigenvalue weighted by atomic mass is 9.78. The van der Waals surface area contributed by atoms with E-state index in [4.69, 9.17) is 9.31 Å². The molecule has 0 amide bonds. The minimum Gasteiger partial charge on any atom is -0.399 e. The Hall–Kier alpha value is -7.48. The van der Waals surface area contributed by atoms with Gasteiger partial charge in [0.25, 0.3) is 0 Å². The Balaban J connectivity index is 0.000000156. The number of unbranched alkanes of at least 4 members (excludes halogenated alkanes) is 6. The standard InChI is InChI=1S/C35H33N.C24H33BO2.C17H12BrN/c1(5-13-28-14-7-3-8-15-28)2-6-16-29-17-11-20-31(25-29)32-21-12-22-34(26-32)35-27-33(23-24-36-35)30-18-9-4-10-19-30;1-23(2)24(3,4)27-25(26-23)22-18-12-17-21(19-22)16-9-6-5-8-13-20-14-10-7-11-15-20;18-16-8-4-7-15(11-16)17-12-14(9-10-19-17)13-5-2-1-3-6-13/h3-4,7-12,14-15,17-27H,1-2,5-6,13,16H2;7,10-12,14-15,17-19H,5-6,8-9,13,16H2,1-4H3;1-12H. The maximum Gasteiger partial charge on any atom is 0.494 e. The van der Waals surface area contributed by atoms with Gasteiger partial charge in [0.05, 0.1) is 22.6 Å². The molecule has 4 nitrogen and oxygen atoms in total. The van der Waals surface area contributed by atoms with Crippen molar-refractivity contribution in [1.29, 1.82) is 0 Å². The van der Waals surface area contributed by atoms with Crippen molar-refractivity contribution in [2.75, 3.05) is 0 Å². The molecule has 0 atom stereocenters. The molecule has 1 saturated heterocycles. The summed E-state index contributed by atoms with van der Waals surface area (Å²) in [5.41, 5.74) is 17.8. The van der Waals surface area contributed by atoms with Crippen molar-refractivity contribution in [3.05, 3.63) is 282 Å². The number of aromatic nitrogens is 2. The third kappa shape index (κ3) is 17.5. The summed E-state index contributed by atoms with van der Waals surface area (Å²) in [5.74, 6) is 0. The largest absolute Gasteiger partial charge is 0.494 e. The summed E-state index contributed by atoms with van der Waals surface area (Å²) in [6, 6.07) is 85.6. The maximum absolute atomic E-state index is 6.18. The molecule has 0 bridgehead atoms. The lowest BCUT2D eigenvalue weighted by Crippen LogP contribution is -2.41. The number of benzene rings is 8. The predicted molar refractivity (Wildman–Crippen MR) is 350 cm³/mol. The molecule has 0 unspecified atom stereocenters. The quantitative estimate of drug-likeness (QED) is 0.0563. The molecule has 1 aliphatic heterocycles. The van der Waals surface area contributed by atoms with Crippen LogP contribution in [0.2, 0.25) is 0 Å². The first-order chi connectivity index (χ1) is 40.0. The van der Waals surface area contributed by atoms with Gasteiger partial charge < -0.3 is 9.31 Å². The van der Waals surface area contributed by atoms with Gasteiger partial charge in [0.15, 0.2) is 0 Å². The Bertz CT molecular complexity index is 3500. The van der Waals surface area contributed by atoms with E-state index in [2.05, 4.69) is 272 Å². The summed E-state index contributed by atoms with van der Waals surface area (Å²) in [7, 11) is -0.263. The molecule has 414 valence electrons. The molecule has 0 saturated carbocycles. The molecule has 82 heavy (non-hydrogen) atoms. The molecule has 1 fully saturated rings. The van der Waals surface area contributed by atoms with Gasteiger partial charge in [-0.1, -0.05) is 242 Å². The highest BCUT2D eigenvalue weighted by molar-refractivity contribution is 9.10. The number of rotatable bonds is 20. The second-order valence-corrected chi connectivity index (χ2v) is 23.4. The molecule has 0 N–H and O–H groups in total. The number of pyridine rings is 2. The molecule has 0 spiro atoms. The van der Waals surface area contributed by atoms with Crippen molar-refractivity contribution in [2.45, 2.75) is 116 Å². The number of nitrogens with zero attached hydrogens (tertiary/aromatic N) is 2. The van der Waals surface area contributed by atoms with Gasteiger partial charge >= 0.3 is 7.12 Å². The summed E-state index contributed by atoms with van der Waals surface area (Å²) >= 11 is 3.50. The third-order valence-corrected chi connectivity index (χ3v) is 16.3. The van der Waals surface area contributed by atoms with Crippen LogP contribution in [0.4, 0.5) is 0 Å². The average Bonchev–Trinajstić information content (AvgIpc) is 3.76. The monoisotopic (exact) mass is 1140 g/mol. The molecule has 8 aromatic carbocycles. The highest BCUT2D eigenvalue weighted by atomic mass is 79.9. The zero-order chi connectivity index (χ0) is 56.8. The van der Waals surface area contributed by atoms with Crippen LogP contribution in [0.3, 0.4) is 0 Å². The first kappa shape index (κ1) is 59.2. The van der Waals surface area contributed by atoms with Crippen molar-refractivity contribution >= 4 is 28.5 Å². The first-order valence-corrected chi connectivity index (χ1v) is 30.4. The predicted octanol–water partition coefficient (Wildman–Crippen LogP) is 19.9. The summed E-state index contributed by atoms with van der Waals surface area (Å²) < 4.78 is 13.4. The van der Waals surface area contributed by atoms with Crippen molar-refractivity contribution in [3.63, 3.8) is 0 Å². The number of hydrogen-bond acceptors (Lipinski definition) is 4. The van der Waals surface area contributed by atoms with Crippen LogP contribution in [-0.4, -0.2) is 28.3 Å². The lowest BCUT2D eigenvalue weighted by molar-refractivity contribution is 0.00578. The fourth-order valence-electron chi connectivity index (χ4n) is 10.4. The van der Waals surface area contributed by atoms with Crippen LogP contribution in [0.1, 0.15) is 101 Å². The molecule has 11 rings (SSSR count). The summed E-state index contributed by atoms with van der Waals surface area (Å²) in [6.45, 7) is 8.41. The van der Waals surface area contributed by atoms with E-state index in [1.54, 1.807) is 0 Å². The van der Waals surface area contributed by atoms with Crippen molar-refractivity contribution in [2.24, 2.45) is 0 Å². The van der Waals surface area contributed by atoms with Crippen molar-refractivity contribution < 1.29 is 9.31 Å². The van der Waals surface area contributed by atoms with E-state index >= 15 is 0 Å². The molecule has 0 aliphatic carbocycles. The van der Waals surface area contributed by atoms with Gasteiger partial charge in [0.1, 0.15) is 0 Å². The van der Waals surface area contributed by atoms with Gasteiger partial charge in [0.2, 0.25) is 0 Å². The van der Waals surface area contributed by atoms with Crippen LogP contribution in [0.5, 0.6) is 0 Å². The van der Waals surface area contributed by atoms with Crippen LogP contribution in [-0.2, 0) is 35.0 Å². The van der Waals surface area contributed by atoms with Crippen LogP contribution >= 0.6 is 15.9 Å². The maximum atomic E-state index is 6.18. The van der Waals surface area contributed by atoms with Crippen LogP contribution in [0, 0.1) is 0 Å². The van der Waals surface area contributed by atoms with Crippen LogP contribution < -0.4 is 5.46 Å². The first-order valence-electron chi connectivity index (χ1n) is 29.6. The molecular formula is C76H78BBrN2O2. The van der Waals surface area contributed by atoms with Crippen LogP contribution in [0.15, 0.2) is 260 Å². The fraction of sp³-hybridized carbons (Fsp3) is 0.237. The van der Waals surface area contributed by atoms with Gasteiger partial charge in [0, 0.05) is 28.0 Å². The van der Waals surface area contributed by atoms with Gasteiger partial charge in [-0.2, -0.15) is 0 Å².